The van der Waals surface area contributed by atoms with E-state index in [1.165, 1.54) is 12.8 Å². The summed E-state index contributed by atoms with van der Waals surface area (Å²) in [6, 6.07) is 12.2. The molecule has 0 saturated heterocycles. The van der Waals surface area contributed by atoms with Crippen molar-refractivity contribution in [3.63, 3.8) is 0 Å². The molecule has 7 nitrogen and oxygen atoms in total. The topological polar surface area (TPSA) is 84.0 Å². The summed E-state index contributed by atoms with van der Waals surface area (Å²) in [7, 11) is 0. The van der Waals surface area contributed by atoms with Crippen molar-refractivity contribution in [1.29, 1.82) is 0 Å². The zero-order valence-electron chi connectivity index (χ0n) is 23.8. The third-order valence-electron chi connectivity index (χ3n) is 11.0. The zero-order valence-corrected chi connectivity index (χ0v) is 23.8. The second-order valence-electron chi connectivity index (χ2n) is 13.8. The van der Waals surface area contributed by atoms with E-state index in [1.807, 2.05) is 36.1 Å². The molecule has 1 amide bonds. The Labute approximate surface area is 240 Å². The van der Waals surface area contributed by atoms with Gasteiger partial charge in [0.1, 0.15) is 11.5 Å². The van der Waals surface area contributed by atoms with E-state index < -0.39 is 11.1 Å². The van der Waals surface area contributed by atoms with Crippen LogP contribution in [0.5, 0.6) is 5.88 Å². The molecule has 7 aliphatic carbocycles. The van der Waals surface area contributed by atoms with Gasteiger partial charge in [0.25, 0.3) is 0 Å². The number of benzene rings is 1. The molecule has 2 aromatic heterocycles. The number of carbonyl (C=O) groups excluding carboxylic acids is 1. The number of aromatic nitrogens is 4. The number of fused-ring (bicyclic) bond motifs is 3. The normalized spacial score (nSPS) is 33.1. The van der Waals surface area contributed by atoms with Gasteiger partial charge in [-0.2, -0.15) is 5.10 Å². The average Bonchev–Trinajstić information content (AvgIpc) is 3.70. The lowest BCUT2D eigenvalue weighted by molar-refractivity contribution is -0.211. The van der Waals surface area contributed by atoms with Crippen LogP contribution in [0.1, 0.15) is 95.1 Å². The lowest BCUT2D eigenvalue weighted by Crippen LogP contribution is -2.71. The van der Waals surface area contributed by atoms with E-state index in [0.29, 0.717) is 44.2 Å². The van der Waals surface area contributed by atoms with Crippen LogP contribution in [0, 0.1) is 10.8 Å². The predicted octanol–water partition coefficient (Wildman–Crippen LogP) is 6.66. The number of hydrogen-bond donors (Lipinski definition) is 1. The molecule has 41 heavy (non-hydrogen) atoms. The fraction of sp³-hybridized carbons (Fsp3) is 0.576. The number of ether oxygens (including phenoxy) is 1. The molecule has 4 bridgehead atoms. The number of alkyl halides is 1. The second-order valence-corrected chi connectivity index (χ2v) is 13.8. The Morgan fingerprint density at radius 2 is 1.78 bits per heavy atom. The number of aromatic amines is 1. The van der Waals surface area contributed by atoms with Gasteiger partial charge in [-0.1, -0.05) is 12.1 Å². The SMILES string of the molecule is CCOc1cc(-c2cccc(N(CC34CCC(c5n[nH]c(C6CC6)n5)(CC3)CC4)C(=O)C34CC(F)(C3)C4)c2)ccn1. The van der Waals surface area contributed by atoms with Gasteiger partial charge in [-0.15, -0.1) is 0 Å². The summed E-state index contributed by atoms with van der Waals surface area (Å²) in [6.45, 7) is 3.19. The summed E-state index contributed by atoms with van der Waals surface area (Å²) in [5.74, 6) is 3.36. The summed E-state index contributed by atoms with van der Waals surface area (Å²) in [6.07, 6.45) is 11.7. The van der Waals surface area contributed by atoms with E-state index >= 15 is 0 Å². The number of H-pyrrole nitrogens is 1. The van der Waals surface area contributed by atoms with Crippen molar-refractivity contribution >= 4 is 11.6 Å². The smallest absolute Gasteiger partial charge is 0.233 e. The molecule has 0 spiro atoms. The largest absolute Gasteiger partial charge is 0.478 e. The Morgan fingerprint density at radius 3 is 2.46 bits per heavy atom. The minimum absolute atomic E-state index is 0.0637. The maximum Gasteiger partial charge on any atom is 0.233 e. The zero-order chi connectivity index (χ0) is 27.9. The molecule has 0 unspecified atom stereocenters. The van der Waals surface area contributed by atoms with E-state index in [1.54, 1.807) is 6.20 Å². The monoisotopic (exact) mass is 555 g/mol. The van der Waals surface area contributed by atoms with Gasteiger partial charge in [0.2, 0.25) is 11.8 Å². The van der Waals surface area contributed by atoms with Crippen molar-refractivity contribution in [1.82, 2.24) is 20.2 Å². The quantitative estimate of drug-likeness (QED) is 0.319. The summed E-state index contributed by atoms with van der Waals surface area (Å²) in [5.41, 5.74) is 1.42. The van der Waals surface area contributed by atoms with Crippen molar-refractivity contribution in [3.8, 4) is 17.0 Å². The molecule has 214 valence electrons. The number of carbonyl (C=O) groups is 1. The molecule has 7 aliphatic rings. The molecule has 10 rings (SSSR count). The van der Waals surface area contributed by atoms with E-state index in [0.717, 1.165) is 67.0 Å². The van der Waals surface area contributed by atoms with Gasteiger partial charge in [0, 0.05) is 35.8 Å². The van der Waals surface area contributed by atoms with Gasteiger partial charge >= 0.3 is 0 Å². The van der Waals surface area contributed by atoms with Crippen LogP contribution >= 0.6 is 0 Å². The minimum Gasteiger partial charge on any atom is -0.478 e. The number of anilines is 1. The van der Waals surface area contributed by atoms with Crippen LogP contribution in [0.2, 0.25) is 0 Å². The number of pyridine rings is 1. The molecule has 8 heteroatoms. The Bertz CT molecular complexity index is 1470. The number of nitrogens with zero attached hydrogens (tertiary/aromatic N) is 4. The maximum atomic E-state index is 14.6. The molecule has 3 aromatic rings. The molecule has 7 saturated carbocycles. The van der Waals surface area contributed by atoms with E-state index in [2.05, 4.69) is 22.2 Å². The minimum atomic E-state index is -1.11. The van der Waals surface area contributed by atoms with Crippen LogP contribution in [0.3, 0.4) is 0 Å². The van der Waals surface area contributed by atoms with Gasteiger partial charge in [0.05, 0.1) is 12.0 Å². The van der Waals surface area contributed by atoms with Crippen molar-refractivity contribution in [3.05, 3.63) is 54.2 Å². The molecule has 0 radical (unpaired) electrons. The van der Waals surface area contributed by atoms with E-state index in [9.17, 15) is 9.18 Å². The Kier molecular flexibility index (Phi) is 5.49. The summed E-state index contributed by atoms with van der Waals surface area (Å²) >= 11 is 0. The van der Waals surface area contributed by atoms with Crippen LogP contribution in [-0.2, 0) is 10.2 Å². The van der Waals surface area contributed by atoms with Gasteiger partial charge in [-0.25, -0.2) is 14.4 Å². The first kappa shape index (κ1) is 25.4. The number of halogens is 1. The van der Waals surface area contributed by atoms with E-state index in [4.69, 9.17) is 14.8 Å². The highest BCUT2D eigenvalue weighted by Gasteiger charge is 2.73. The van der Waals surface area contributed by atoms with Gasteiger partial charge in [0.15, 0.2) is 5.82 Å². The fourth-order valence-electron chi connectivity index (χ4n) is 8.35. The van der Waals surface area contributed by atoms with Crippen LogP contribution in [0.4, 0.5) is 10.1 Å². The molecule has 1 N–H and O–H groups in total. The molecule has 0 aliphatic heterocycles. The van der Waals surface area contributed by atoms with Gasteiger partial charge in [-0.05, 0) is 112 Å². The molecular weight excluding hydrogens is 517 g/mol. The third-order valence-corrected chi connectivity index (χ3v) is 11.0. The predicted molar refractivity (Wildman–Crippen MR) is 153 cm³/mol. The highest BCUT2D eigenvalue weighted by molar-refractivity contribution is 6.00. The first-order valence-corrected chi connectivity index (χ1v) is 15.5. The number of hydrogen-bond acceptors (Lipinski definition) is 5. The van der Waals surface area contributed by atoms with Crippen molar-refractivity contribution < 1.29 is 13.9 Å². The Balaban J connectivity index is 1.07. The van der Waals surface area contributed by atoms with Crippen molar-refractivity contribution in [2.24, 2.45) is 10.8 Å². The first-order valence-electron chi connectivity index (χ1n) is 15.5. The lowest BCUT2D eigenvalue weighted by Gasteiger charge is -2.65. The Hall–Kier alpha value is -3.29. The van der Waals surface area contributed by atoms with E-state index in [-0.39, 0.29) is 16.7 Å². The standard InChI is InChI=1S/C33H38FN5O2/c1-2-41-26-17-24(8-15-35-26)23-4-3-5-25(16-23)39(29(40)32-18-33(34,19-32)20-32)21-30-9-12-31(13-10-30,14-11-30)28-36-27(37-38-28)22-6-7-22/h3-5,8,15-17,22H,2,6-7,9-14,18-21H2,1H3,(H,36,37,38). The van der Waals surface area contributed by atoms with Crippen LogP contribution in [-0.4, -0.2) is 44.9 Å². The average molecular weight is 556 g/mol. The van der Waals surface area contributed by atoms with Gasteiger partial charge in [-0.3, -0.25) is 9.89 Å². The maximum absolute atomic E-state index is 14.6. The summed E-state index contributed by atoms with van der Waals surface area (Å²) in [5, 5.41) is 7.93. The highest BCUT2D eigenvalue weighted by Crippen LogP contribution is 2.70. The lowest BCUT2D eigenvalue weighted by atomic mass is 9.41. The number of amides is 1. The fourth-order valence-corrected chi connectivity index (χ4v) is 8.35. The van der Waals surface area contributed by atoms with Crippen molar-refractivity contribution in [2.75, 3.05) is 18.1 Å². The van der Waals surface area contributed by atoms with Crippen molar-refractivity contribution in [2.45, 2.75) is 94.6 Å². The summed E-state index contributed by atoms with van der Waals surface area (Å²) < 4.78 is 20.2. The van der Waals surface area contributed by atoms with Gasteiger partial charge < -0.3 is 9.64 Å². The molecule has 7 fully saturated rings. The Morgan fingerprint density at radius 1 is 1.05 bits per heavy atom. The number of nitrogens with one attached hydrogen (secondary N) is 1. The van der Waals surface area contributed by atoms with Crippen LogP contribution < -0.4 is 9.64 Å². The molecular formula is C33H38FN5O2. The third kappa shape index (κ3) is 4.11. The molecule has 0 atom stereocenters. The van der Waals surface area contributed by atoms with Crippen LogP contribution in [0.15, 0.2) is 42.6 Å². The second kappa shape index (κ2) is 8.85. The highest BCUT2D eigenvalue weighted by atomic mass is 19.1. The number of rotatable bonds is 9. The summed E-state index contributed by atoms with van der Waals surface area (Å²) in [4.78, 5) is 25.5. The molecule has 1 aromatic carbocycles. The van der Waals surface area contributed by atoms with Crippen LogP contribution in [0.25, 0.3) is 11.1 Å². The molecule has 2 heterocycles. The first-order chi connectivity index (χ1) is 19.8.